The zero-order valence-corrected chi connectivity index (χ0v) is 5.41. The van der Waals surface area contributed by atoms with Crippen LogP contribution in [-0.2, 0) is 0 Å². The van der Waals surface area contributed by atoms with Crippen molar-refractivity contribution in [1.29, 1.82) is 5.41 Å². The maximum absolute atomic E-state index is 6.77. The number of aromatic amines is 1. The summed E-state index contributed by atoms with van der Waals surface area (Å²) in [5, 5.41) is 16.6. The quantitative estimate of drug-likeness (QED) is 0.508. The molecule has 1 aromatic rings. The van der Waals surface area contributed by atoms with Crippen LogP contribution in [0.2, 0.25) is 0 Å². The lowest BCUT2D eigenvalue weighted by atomic mass is 10.2. The van der Waals surface area contributed by atoms with Crippen molar-refractivity contribution in [3.05, 3.63) is 11.9 Å². The van der Waals surface area contributed by atoms with E-state index in [1.54, 1.807) is 6.20 Å². The molecule has 0 aromatic carbocycles. The van der Waals surface area contributed by atoms with E-state index in [4.69, 9.17) is 11.1 Å². The standard InChI is InChI=1S/C5H9N5/c6-2-1-4(7)5-3-8-10-9-5/h2-4,6H,1,7H2,(H,8,9,10). The summed E-state index contributed by atoms with van der Waals surface area (Å²) in [6, 6.07) is -0.198. The first kappa shape index (κ1) is 6.88. The summed E-state index contributed by atoms with van der Waals surface area (Å²) >= 11 is 0. The van der Waals surface area contributed by atoms with Crippen LogP contribution in [0.15, 0.2) is 6.20 Å². The van der Waals surface area contributed by atoms with Crippen molar-refractivity contribution in [2.45, 2.75) is 12.5 Å². The van der Waals surface area contributed by atoms with Crippen LogP contribution in [-0.4, -0.2) is 21.6 Å². The van der Waals surface area contributed by atoms with E-state index in [0.29, 0.717) is 12.1 Å². The first-order valence-corrected chi connectivity index (χ1v) is 2.94. The van der Waals surface area contributed by atoms with Crippen LogP contribution in [0.4, 0.5) is 0 Å². The van der Waals surface area contributed by atoms with Gasteiger partial charge in [-0.3, -0.25) is 0 Å². The van der Waals surface area contributed by atoms with Crippen LogP contribution in [0.3, 0.4) is 0 Å². The molecule has 1 unspecified atom stereocenters. The normalized spacial score (nSPS) is 12.9. The molecular weight excluding hydrogens is 130 g/mol. The fraction of sp³-hybridized carbons (Fsp3) is 0.400. The minimum atomic E-state index is -0.198. The number of nitrogens with two attached hydrogens (primary N) is 1. The van der Waals surface area contributed by atoms with Crippen molar-refractivity contribution in [1.82, 2.24) is 15.4 Å². The Morgan fingerprint density at radius 2 is 2.70 bits per heavy atom. The topological polar surface area (TPSA) is 91.4 Å². The molecule has 1 atom stereocenters. The predicted octanol–water partition coefficient (Wildman–Crippen LogP) is -0.156. The van der Waals surface area contributed by atoms with Gasteiger partial charge in [-0.05, 0) is 6.21 Å². The number of nitrogens with one attached hydrogen (secondary N) is 2. The average Bonchev–Trinajstić information content (AvgIpc) is 2.38. The Labute approximate surface area is 58.1 Å². The monoisotopic (exact) mass is 139 g/mol. The van der Waals surface area contributed by atoms with Gasteiger partial charge in [-0.25, -0.2) is 0 Å². The number of hydrogen-bond acceptors (Lipinski definition) is 4. The SMILES string of the molecule is N=CCC(N)c1cn[nH]n1. The summed E-state index contributed by atoms with van der Waals surface area (Å²) in [5.41, 5.74) is 6.27. The minimum absolute atomic E-state index is 0.198. The second-order valence-corrected chi connectivity index (χ2v) is 1.94. The van der Waals surface area contributed by atoms with Crippen LogP contribution in [0.5, 0.6) is 0 Å². The van der Waals surface area contributed by atoms with Gasteiger partial charge in [0.2, 0.25) is 0 Å². The molecule has 5 heteroatoms. The highest BCUT2D eigenvalue weighted by molar-refractivity contribution is 5.54. The van der Waals surface area contributed by atoms with Crippen molar-refractivity contribution in [3.63, 3.8) is 0 Å². The van der Waals surface area contributed by atoms with Gasteiger partial charge < -0.3 is 11.1 Å². The Balaban J connectivity index is 2.58. The Morgan fingerprint density at radius 1 is 1.90 bits per heavy atom. The third-order valence-electron chi connectivity index (χ3n) is 1.19. The Morgan fingerprint density at radius 3 is 3.20 bits per heavy atom. The second kappa shape index (κ2) is 3.07. The molecule has 0 aliphatic heterocycles. The Hall–Kier alpha value is -1.23. The summed E-state index contributed by atoms with van der Waals surface area (Å²) in [7, 11) is 0. The highest BCUT2D eigenvalue weighted by atomic mass is 15.3. The number of rotatable bonds is 3. The van der Waals surface area contributed by atoms with Crippen LogP contribution in [0.25, 0.3) is 0 Å². The second-order valence-electron chi connectivity index (χ2n) is 1.94. The summed E-state index contributed by atoms with van der Waals surface area (Å²) < 4.78 is 0. The first-order valence-electron chi connectivity index (χ1n) is 2.94. The average molecular weight is 139 g/mol. The zero-order valence-electron chi connectivity index (χ0n) is 5.41. The molecule has 0 radical (unpaired) electrons. The molecule has 5 nitrogen and oxygen atoms in total. The van der Waals surface area contributed by atoms with E-state index in [-0.39, 0.29) is 6.04 Å². The molecule has 0 fully saturated rings. The van der Waals surface area contributed by atoms with Crippen molar-refractivity contribution in [3.8, 4) is 0 Å². The van der Waals surface area contributed by atoms with Crippen molar-refractivity contribution in [2.24, 2.45) is 5.73 Å². The lowest BCUT2D eigenvalue weighted by molar-refractivity contribution is 0.729. The Kier molecular flexibility index (Phi) is 2.11. The highest BCUT2D eigenvalue weighted by Gasteiger charge is 2.05. The van der Waals surface area contributed by atoms with E-state index in [1.165, 1.54) is 6.21 Å². The third-order valence-corrected chi connectivity index (χ3v) is 1.19. The van der Waals surface area contributed by atoms with Gasteiger partial charge in [0.25, 0.3) is 0 Å². The zero-order chi connectivity index (χ0) is 7.40. The molecule has 0 saturated carbocycles. The summed E-state index contributed by atoms with van der Waals surface area (Å²) in [5.74, 6) is 0. The van der Waals surface area contributed by atoms with E-state index in [0.717, 1.165) is 0 Å². The van der Waals surface area contributed by atoms with Gasteiger partial charge in [0, 0.05) is 6.42 Å². The number of hydrogen-bond donors (Lipinski definition) is 3. The number of H-pyrrole nitrogens is 1. The molecule has 0 aliphatic rings. The van der Waals surface area contributed by atoms with Crippen molar-refractivity contribution < 1.29 is 0 Å². The first-order chi connectivity index (χ1) is 4.84. The van der Waals surface area contributed by atoms with E-state index in [2.05, 4.69) is 15.4 Å². The molecule has 0 aliphatic carbocycles. The van der Waals surface area contributed by atoms with Crippen LogP contribution in [0, 0.1) is 5.41 Å². The van der Waals surface area contributed by atoms with E-state index >= 15 is 0 Å². The fourth-order valence-electron chi connectivity index (χ4n) is 0.637. The maximum atomic E-state index is 6.77. The van der Waals surface area contributed by atoms with Crippen LogP contribution < -0.4 is 5.73 Å². The molecule has 4 N–H and O–H groups in total. The van der Waals surface area contributed by atoms with Gasteiger partial charge in [-0.2, -0.15) is 15.4 Å². The largest absolute Gasteiger partial charge is 0.322 e. The highest BCUT2D eigenvalue weighted by Crippen LogP contribution is 2.05. The van der Waals surface area contributed by atoms with Gasteiger partial charge in [0.05, 0.1) is 17.9 Å². The fourth-order valence-corrected chi connectivity index (χ4v) is 0.637. The van der Waals surface area contributed by atoms with Gasteiger partial charge in [-0.15, -0.1) is 0 Å². The lowest BCUT2D eigenvalue weighted by Gasteiger charge is -2.00. The predicted molar refractivity (Wildman–Crippen MR) is 36.7 cm³/mol. The van der Waals surface area contributed by atoms with Crippen LogP contribution in [0.1, 0.15) is 18.2 Å². The summed E-state index contributed by atoms with van der Waals surface area (Å²) in [4.78, 5) is 0. The molecule has 1 heterocycles. The van der Waals surface area contributed by atoms with Gasteiger partial charge >= 0.3 is 0 Å². The van der Waals surface area contributed by atoms with Gasteiger partial charge in [-0.1, -0.05) is 0 Å². The molecular formula is C5H9N5. The lowest BCUT2D eigenvalue weighted by Crippen LogP contribution is -2.10. The molecule has 10 heavy (non-hydrogen) atoms. The smallest absolute Gasteiger partial charge is 0.0995 e. The molecule has 0 saturated heterocycles. The number of aromatic nitrogens is 3. The summed E-state index contributed by atoms with van der Waals surface area (Å²) in [6.45, 7) is 0. The third kappa shape index (κ3) is 1.38. The molecule has 1 rings (SSSR count). The van der Waals surface area contributed by atoms with E-state index in [1.807, 2.05) is 0 Å². The molecule has 0 spiro atoms. The van der Waals surface area contributed by atoms with Gasteiger partial charge in [0.15, 0.2) is 0 Å². The minimum Gasteiger partial charge on any atom is -0.322 e. The maximum Gasteiger partial charge on any atom is 0.0995 e. The summed E-state index contributed by atoms with van der Waals surface area (Å²) in [6.07, 6.45) is 3.33. The molecule has 0 amide bonds. The van der Waals surface area contributed by atoms with E-state index in [9.17, 15) is 0 Å². The van der Waals surface area contributed by atoms with Gasteiger partial charge in [0.1, 0.15) is 0 Å². The Bertz CT molecular complexity index is 192. The van der Waals surface area contributed by atoms with Crippen molar-refractivity contribution in [2.75, 3.05) is 0 Å². The van der Waals surface area contributed by atoms with E-state index < -0.39 is 0 Å². The molecule has 0 bridgehead atoms. The molecule has 54 valence electrons. The molecule has 1 aromatic heterocycles. The van der Waals surface area contributed by atoms with Crippen molar-refractivity contribution >= 4 is 6.21 Å². The van der Waals surface area contributed by atoms with Crippen LogP contribution >= 0.6 is 0 Å². The number of nitrogens with zero attached hydrogens (tertiary/aromatic N) is 2.